The predicted molar refractivity (Wildman–Crippen MR) is 45.6 cm³/mol. The summed E-state index contributed by atoms with van der Waals surface area (Å²) in [6.07, 6.45) is 0.767. The second-order valence-corrected chi connectivity index (χ2v) is 3.20. The predicted octanol–water partition coefficient (Wildman–Crippen LogP) is 2.18. The minimum Gasteiger partial charge on any atom is -0.465 e. The van der Waals surface area contributed by atoms with Crippen LogP contribution < -0.4 is 0 Å². The summed E-state index contributed by atoms with van der Waals surface area (Å²) in [5, 5.41) is 0. The lowest BCUT2D eigenvalue weighted by Crippen LogP contribution is -2.18. The van der Waals surface area contributed by atoms with Gasteiger partial charge in [0.1, 0.15) is 0 Å². The molecule has 0 saturated carbocycles. The highest BCUT2D eigenvalue weighted by Gasteiger charge is 2.13. The van der Waals surface area contributed by atoms with Gasteiger partial charge in [-0.1, -0.05) is 20.8 Å². The van der Waals surface area contributed by atoms with Crippen LogP contribution in [0.4, 0.5) is 4.39 Å². The fourth-order valence-corrected chi connectivity index (χ4v) is 0.578. The molecule has 0 radical (unpaired) electrons. The summed E-state index contributed by atoms with van der Waals surface area (Å²) in [5.41, 5.74) is 0. The Labute approximate surface area is 73.1 Å². The zero-order chi connectivity index (χ0) is 9.56. The van der Waals surface area contributed by atoms with Gasteiger partial charge in [0.15, 0.2) is 0 Å². The molecule has 0 aromatic carbocycles. The normalized spacial score (nSPS) is 15.3. The van der Waals surface area contributed by atoms with Crippen LogP contribution in [0.5, 0.6) is 0 Å². The van der Waals surface area contributed by atoms with Crippen LogP contribution in [0.3, 0.4) is 0 Å². The Morgan fingerprint density at radius 2 is 2.08 bits per heavy atom. The van der Waals surface area contributed by atoms with E-state index in [2.05, 4.69) is 0 Å². The summed E-state index contributed by atoms with van der Waals surface area (Å²) in [4.78, 5) is 11.0. The van der Waals surface area contributed by atoms with Crippen molar-refractivity contribution in [3.63, 3.8) is 0 Å². The third-order valence-electron chi connectivity index (χ3n) is 1.79. The quantitative estimate of drug-likeness (QED) is 0.600. The Kier molecular flexibility index (Phi) is 5.68. The SMILES string of the molecule is CCC(C)C(=O)OCC(C)CF. The Balaban J connectivity index is 3.56. The van der Waals surface area contributed by atoms with Gasteiger partial charge in [-0.15, -0.1) is 0 Å². The number of hydrogen-bond acceptors (Lipinski definition) is 2. The molecule has 0 bridgehead atoms. The van der Waals surface area contributed by atoms with Gasteiger partial charge in [0.25, 0.3) is 0 Å². The highest BCUT2D eigenvalue weighted by molar-refractivity contribution is 5.71. The van der Waals surface area contributed by atoms with Gasteiger partial charge in [0.05, 0.1) is 19.2 Å². The first-order valence-corrected chi connectivity index (χ1v) is 4.34. The largest absolute Gasteiger partial charge is 0.465 e. The maximum absolute atomic E-state index is 11.9. The van der Waals surface area contributed by atoms with E-state index in [1.54, 1.807) is 6.92 Å². The molecule has 72 valence electrons. The third-order valence-corrected chi connectivity index (χ3v) is 1.79. The fraction of sp³-hybridized carbons (Fsp3) is 0.889. The third kappa shape index (κ3) is 4.31. The average molecular weight is 176 g/mol. The molecular weight excluding hydrogens is 159 g/mol. The van der Waals surface area contributed by atoms with E-state index in [1.165, 1.54) is 0 Å². The van der Waals surface area contributed by atoms with Crippen LogP contribution in [0.2, 0.25) is 0 Å². The lowest BCUT2D eigenvalue weighted by atomic mass is 10.1. The van der Waals surface area contributed by atoms with Crippen molar-refractivity contribution in [3.05, 3.63) is 0 Å². The van der Waals surface area contributed by atoms with Crippen molar-refractivity contribution < 1.29 is 13.9 Å². The van der Waals surface area contributed by atoms with E-state index < -0.39 is 6.67 Å². The number of hydrogen-bond donors (Lipinski definition) is 0. The van der Waals surface area contributed by atoms with Crippen LogP contribution in [0.25, 0.3) is 0 Å². The van der Waals surface area contributed by atoms with E-state index in [9.17, 15) is 9.18 Å². The van der Waals surface area contributed by atoms with Crippen molar-refractivity contribution in [1.82, 2.24) is 0 Å². The summed E-state index contributed by atoms with van der Waals surface area (Å²) in [6.45, 7) is 5.20. The van der Waals surface area contributed by atoms with Gasteiger partial charge < -0.3 is 4.74 Å². The van der Waals surface area contributed by atoms with Crippen LogP contribution in [-0.4, -0.2) is 19.3 Å². The van der Waals surface area contributed by atoms with Gasteiger partial charge >= 0.3 is 5.97 Å². The molecule has 0 rings (SSSR count). The molecule has 0 aliphatic carbocycles. The van der Waals surface area contributed by atoms with Crippen molar-refractivity contribution >= 4 is 5.97 Å². The van der Waals surface area contributed by atoms with Crippen LogP contribution >= 0.6 is 0 Å². The van der Waals surface area contributed by atoms with Crippen molar-refractivity contribution in [2.45, 2.75) is 27.2 Å². The summed E-state index contributed by atoms with van der Waals surface area (Å²) in [6, 6.07) is 0. The summed E-state index contributed by atoms with van der Waals surface area (Å²) >= 11 is 0. The van der Waals surface area contributed by atoms with Crippen LogP contribution in [-0.2, 0) is 9.53 Å². The Morgan fingerprint density at radius 1 is 1.50 bits per heavy atom. The molecule has 3 heteroatoms. The highest BCUT2D eigenvalue weighted by Crippen LogP contribution is 2.05. The van der Waals surface area contributed by atoms with E-state index in [4.69, 9.17) is 4.74 Å². The second kappa shape index (κ2) is 5.98. The maximum atomic E-state index is 11.9. The van der Waals surface area contributed by atoms with E-state index >= 15 is 0 Å². The molecule has 12 heavy (non-hydrogen) atoms. The molecule has 2 unspecified atom stereocenters. The molecule has 0 amide bonds. The monoisotopic (exact) mass is 176 g/mol. The molecule has 0 N–H and O–H groups in total. The molecule has 0 heterocycles. The lowest BCUT2D eigenvalue weighted by Gasteiger charge is -2.11. The summed E-state index contributed by atoms with van der Waals surface area (Å²) in [7, 11) is 0. The minimum atomic E-state index is -0.437. The number of carbonyl (C=O) groups excluding carboxylic acids is 1. The first kappa shape index (κ1) is 11.4. The van der Waals surface area contributed by atoms with Gasteiger partial charge in [-0.2, -0.15) is 0 Å². The number of rotatable bonds is 5. The summed E-state index contributed by atoms with van der Waals surface area (Å²) in [5.74, 6) is -0.479. The lowest BCUT2D eigenvalue weighted by molar-refractivity contribution is -0.149. The minimum absolute atomic E-state index is 0.0724. The van der Waals surface area contributed by atoms with E-state index in [-0.39, 0.29) is 24.4 Å². The van der Waals surface area contributed by atoms with E-state index in [1.807, 2.05) is 13.8 Å². The number of carbonyl (C=O) groups is 1. The molecular formula is C9H17FO2. The zero-order valence-corrected chi connectivity index (χ0v) is 7.97. The van der Waals surface area contributed by atoms with E-state index in [0.717, 1.165) is 6.42 Å². The average Bonchev–Trinajstić information content (AvgIpc) is 2.11. The molecule has 0 aliphatic rings. The van der Waals surface area contributed by atoms with Crippen LogP contribution in [0, 0.1) is 11.8 Å². The number of alkyl halides is 1. The first-order valence-electron chi connectivity index (χ1n) is 4.34. The van der Waals surface area contributed by atoms with Gasteiger partial charge in [0, 0.05) is 5.92 Å². The van der Waals surface area contributed by atoms with E-state index in [0.29, 0.717) is 0 Å². The van der Waals surface area contributed by atoms with Gasteiger partial charge in [-0.05, 0) is 6.42 Å². The molecule has 0 fully saturated rings. The number of esters is 1. The molecule has 0 aromatic heterocycles. The number of ether oxygens (including phenoxy) is 1. The Bertz CT molecular complexity index is 136. The molecule has 0 aromatic rings. The van der Waals surface area contributed by atoms with Crippen LogP contribution in [0.15, 0.2) is 0 Å². The first-order chi connectivity index (χ1) is 5.61. The molecule has 0 aliphatic heterocycles. The number of halogens is 1. The van der Waals surface area contributed by atoms with Crippen molar-refractivity contribution in [2.24, 2.45) is 11.8 Å². The van der Waals surface area contributed by atoms with Crippen LogP contribution in [0.1, 0.15) is 27.2 Å². The smallest absolute Gasteiger partial charge is 0.308 e. The van der Waals surface area contributed by atoms with Crippen molar-refractivity contribution in [3.8, 4) is 0 Å². The molecule has 2 nitrogen and oxygen atoms in total. The van der Waals surface area contributed by atoms with Gasteiger partial charge in [-0.25, -0.2) is 0 Å². The second-order valence-electron chi connectivity index (χ2n) is 3.20. The van der Waals surface area contributed by atoms with Crippen molar-refractivity contribution in [2.75, 3.05) is 13.3 Å². The fourth-order valence-electron chi connectivity index (χ4n) is 0.578. The maximum Gasteiger partial charge on any atom is 0.308 e. The van der Waals surface area contributed by atoms with Gasteiger partial charge in [0.2, 0.25) is 0 Å². The molecule has 2 atom stereocenters. The standard InChI is InChI=1S/C9H17FO2/c1-4-8(3)9(11)12-6-7(2)5-10/h7-8H,4-6H2,1-3H3. The summed E-state index contributed by atoms with van der Waals surface area (Å²) < 4.78 is 16.8. The van der Waals surface area contributed by atoms with Crippen molar-refractivity contribution in [1.29, 1.82) is 0 Å². The molecule has 0 saturated heterocycles. The Morgan fingerprint density at radius 3 is 2.50 bits per heavy atom. The topological polar surface area (TPSA) is 26.3 Å². The molecule has 0 spiro atoms. The zero-order valence-electron chi connectivity index (χ0n) is 7.97. The highest BCUT2D eigenvalue weighted by atomic mass is 19.1. The Hall–Kier alpha value is -0.600. The van der Waals surface area contributed by atoms with Gasteiger partial charge in [-0.3, -0.25) is 9.18 Å².